The highest BCUT2D eigenvalue weighted by molar-refractivity contribution is 8.00. The average molecular weight is 348 g/mol. The average Bonchev–Trinajstić information content (AvgIpc) is 3.07. The molecular formula is C15H13FN4OS2. The summed E-state index contributed by atoms with van der Waals surface area (Å²) in [5.41, 5.74) is 1.58. The second kappa shape index (κ2) is 6.29. The van der Waals surface area contributed by atoms with Crippen LogP contribution in [0.4, 0.5) is 9.52 Å². The van der Waals surface area contributed by atoms with Crippen LogP contribution in [0, 0.1) is 5.82 Å². The summed E-state index contributed by atoms with van der Waals surface area (Å²) in [4.78, 5) is 4.42. The van der Waals surface area contributed by atoms with E-state index in [2.05, 4.69) is 20.5 Å². The minimum atomic E-state index is -0.275. The van der Waals surface area contributed by atoms with E-state index in [1.54, 1.807) is 41.5 Å². The van der Waals surface area contributed by atoms with Gasteiger partial charge < -0.3 is 9.73 Å². The van der Waals surface area contributed by atoms with Crippen molar-refractivity contribution in [2.45, 2.75) is 29.0 Å². The third-order valence-corrected chi connectivity index (χ3v) is 5.32. The van der Waals surface area contributed by atoms with Gasteiger partial charge in [-0.25, -0.2) is 9.37 Å². The lowest BCUT2D eigenvalue weighted by Gasteiger charge is -1.95. The number of anilines is 1. The van der Waals surface area contributed by atoms with Gasteiger partial charge in [0.1, 0.15) is 12.1 Å². The van der Waals surface area contributed by atoms with Crippen molar-refractivity contribution >= 4 is 28.2 Å². The number of hydrogen-bond acceptors (Lipinski definition) is 7. The topological polar surface area (TPSA) is 63.8 Å². The van der Waals surface area contributed by atoms with Crippen molar-refractivity contribution in [1.29, 1.82) is 0 Å². The van der Waals surface area contributed by atoms with E-state index in [0.29, 0.717) is 17.7 Å². The van der Waals surface area contributed by atoms with Crippen LogP contribution >= 0.6 is 23.1 Å². The van der Waals surface area contributed by atoms with E-state index < -0.39 is 0 Å². The molecule has 0 saturated heterocycles. The molecule has 8 heteroatoms. The molecule has 1 aromatic carbocycles. The molecule has 23 heavy (non-hydrogen) atoms. The predicted molar refractivity (Wildman–Crippen MR) is 88.0 cm³/mol. The molecule has 0 aliphatic heterocycles. The summed E-state index contributed by atoms with van der Waals surface area (Å²) in [5.74, 6) is 0.875. The number of oxazole rings is 1. The molecule has 0 spiro atoms. The second-order valence-corrected chi connectivity index (χ2v) is 7.43. The summed E-state index contributed by atoms with van der Waals surface area (Å²) in [6.07, 6.45) is 4.05. The Morgan fingerprint density at radius 3 is 2.87 bits per heavy atom. The van der Waals surface area contributed by atoms with Crippen LogP contribution in [0.1, 0.15) is 18.5 Å². The fraction of sp³-hybridized carbons (Fsp3) is 0.267. The van der Waals surface area contributed by atoms with Crippen LogP contribution in [0.3, 0.4) is 0 Å². The van der Waals surface area contributed by atoms with Gasteiger partial charge in [0, 0.05) is 17.4 Å². The van der Waals surface area contributed by atoms with E-state index in [-0.39, 0.29) is 5.82 Å². The summed E-state index contributed by atoms with van der Waals surface area (Å²) >= 11 is 3.13. The Labute approximate surface area is 140 Å². The molecule has 0 radical (unpaired) electrons. The Kier molecular flexibility index (Phi) is 4.00. The molecule has 0 bridgehead atoms. The highest BCUT2D eigenvalue weighted by Gasteiger charge is 2.22. The van der Waals surface area contributed by atoms with Crippen LogP contribution in [0.5, 0.6) is 0 Å². The molecule has 4 rings (SSSR count). The minimum absolute atomic E-state index is 0.275. The van der Waals surface area contributed by atoms with Crippen molar-refractivity contribution in [3.05, 3.63) is 42.0 Å². The second-order valence-electron chi connectivity index (χ2n) is 5.23. The zero-order valence-corrected chi connectivity index (χ0v) is 13.7. The quantitative estimate of drug-likeness (QED) is 0.674. The molecule has 118 valence electrons. The maximum absolute atomic E-state index is 12.9. The van der Waals surface area contributed by atoms with Gasteiger partial charge in [-0.05, 0) is 37.1 Å². The zero-order chi connectivity index (χ0) is 15.6. The third kappa shape index (κ3) is 3.70. The van der Waals surface area contributed by atoms with Crippen LogP contribution in [-0.4, -0.2) is 21.2 Å². The van der Waals surface area contributed by atoms with Crippen LogP contribution in [0.2, 0.25) is 0 Å². The van der Waals surface area contributed by atoms with Gasteiger partial charge in [-0.2, -0.15) is 0 Å². The molecular weight excluding hydrogens is 335 g/mol. The van der Waals surface area contributed by atoms with Gasteiger partial charge in [0.05, 0.1) is 5.69 Å². The Morgan fingerprint density at radius 2 is 2.09 bits per heavy atom. The molecule has 0 unspecified atom stereocenters. The fourth-order valence-electron chi connectivity index (χ4n) is 1.96. The number of aromatic nitrogens is 3. The summed E-state index contributed by atoms with van der Waals surface area (Å²) in [6, 6.07) is 6.67. The molecule has 1 saturated carbocycles. The van der Waals surface area contributed by atoms with Gasteiger partial charge in [-0.15, -0.1) is 10.2 Å². The Hall–Kier alpha value is -1.93. The summed E-state index contributed by atoms with van der Waals surface area (Å²) in [7, 11) is 0. The summed E-state index contributed by atoms with van der Waals surface area (Å²) in [6.45, 7) is 0. The smallest absolute Gasteiger partial charge is 0.226 e. The van der Waals surface area contributed by atoms with Gasteiger partial charge in [0.25, 0.3) is 0 Å². The van der Waals surface area contributed by atoms with Crippen molar-refractivity contribution in [3.63, 3.8) is 0 Å². The minimum Gasteiger partial charge on any atom is -0.444 e. The lowest BCUT2D eigenvalue weighted by Crippen LogP contribution is -1.99. The number of halogens is 1. The standard InChI is InChI=1S/C15H13FN4OS2/c16-10-3-1-9(2-4-10)13-17-12(7-21-13)8-22-15-20-19-14(23-15)18-11-5-6-11/h1-4,7,11H,5-6,8H2,(H,18,19). The van der Waals surface area contributed by atoms with Crippen molar-refractivity contribution in [2.75, 3.05) is 5.32 Å². The third-order valence-electron chi connectivity index (χ3n) is 3.30. The first kappa shape index (κ1) is 14.6. The molecule has 0 amide bonds. The maximum Gasteiger partial charge on any atom is 0.226 e. The largest absolute Gasteiger partial charge is 0.444 e. The molecule has 0 atom stereocenters. The van der Waals surface area contributed by atoms with E-state index in [4.69, 9.17) is 4.42 Å². The lowest BCUT2D eigenvalue weighted by molar-refractivity contribution is 0.573. The van der Waals surface area contributed by atoms with Gasteiger partial charge in [-0.3, -0.25) is 0 Å². The number of benzene rings is 1. The molecule has 1 aliphatic rings. The molecule has 3 aromatic rings. The zero-order valence-electron chi connectivity index (χ0n) is 12.0. The number of nitrogens with one attached hydrogen (secondary N) is 1. The first-order valence-corrected chi connectivity index (χ1v) is 9.00. The van der Waals surface area contributed by atoms with Crippen molar-refractivity contribution < 1.29 is 8.81 Å². The molecule has 1 fully saturated rings. The van der Waals surface area contributed by atoms with Crippen LogP contribution in [-0.2, 0) is 5.75 Å². The monoisotopic (exact) mass is 348 g/mol. The van der Waals surface area contributed by atoms with Crippen molar-refractivity contribution in [1.82, 2.24) is 15.2 Å². The van der Waals surface area contributed by atoms with Crippen LogP contribution in [0.15, 0.2) is 39.3 Å². The van der Waals surface area contributed by atoms with E-state index in [9.17, 15) is 4.39 Å². The van der Waals surface area contributed by atoms with Gasteiger partial charge in [0.2, 0.25) is 11.0 Å². The van der Waals surface area contributed by atoms with E-state index in [1.165, 1.54) is 25.0 Å². The summed E-state index contributed by atoms with van der Waals surface area (Å²) in [5, 5.41) is 12.5. The maximum atomic E-state index is 12.9. The Bertz CT molecular complexity index is 798. The molecule has 2 aromatic heterocycles. The fourth-order valence-corrected chi connectivity index (χ4v) is 3.67. The molecule has 1 aliphatic carbocycles. The molecule has 1 N–H and O–H groups in total. The van der Waals surface area contributed by atoms with E-state index in [0.717, 1.165) is 20.7 Å². The molecule has 5 nitrogen and oxygen atoms in total. The highest BCUT2D eigenvalue weighted by atomic mass is 32.2. The number of rotatable bonds is 6. The van der Waals surface area contributed by atoms with Crippen LogP contribution < -0.4 is 5.32 Å². The normalized spacial score (nSPS) is 14.1. The first-order valence-electron chi connectivity index (χ1n) is 7.19. The van der Waals surface area contributed by atoms with Gasteiger partial charge in [-0.1, -0.05) is 23.1 Å². The van der Waals surface area contributed by atoms with Gasteiger partial charge in [0.15, 0.2) is 4.34 Å². The Balaban J connectivity index is 1.37. The number of nitrogens with zero attached hydrogens (tertiary/aromatic N) is 3. The molecule has 2 heterocycles. The van der Waals surface area contributed by atoms with Gasteiger partial charge >= 0.3 is 0 Å². The number of hydrogen-bond donors (Lipinski definition) is 1. The van der Waals surface area contributed by atoms with Crippen molar-refractivity contribution in [2.24, 2.45) is 0 Å². The van der Waals surface area contributed by atoms with E-state index >= 15 is 0 Å². The SMILES string of the molecule is Fc1ccc(-c2nc(CSc3nnc(NC4CC4)s3)co2)cc1. The van der Waals surface area contributed by atoms with E-state index in [1.807, 2.05) is 0 Å². The number of thioether (sulfide) groups is 1. The predicted octanol–water partition coefficient (Wildman–Crippen LogP) is 4.20. The Morgan fingerprint density at radius 1 is 1.26 bits per heavy atom. The first-order chi connectivity index (χ1) is 11.3. The lowest BCUT2D eigenvalue weighted by atomic mass is 10.2. The highest BCUT2D eigenvalue weighted by Crippen LogP contribution is 2.32. The summed E-state index contributed by atoms with van der Waals surface area (Å²) < 4.78 is 19.3. The van der Waals surface area contributed by atoms with Crippen molar-refractivity contribution in [3.8, 4) is 11.5 Å². The van der Waals surface area contributed by atoms with Crippen LogP contribution in [0.25, 0.3) is 11.5 Å².